The van der Waals surface area contributed by atoms with Gasteiger partial charge in [0.05, 0.1) is 6.54 Å². The number of rotatable bonds is 4. The summed E-state index contributed by atoms with van der Waals surface area (Å²) in [5, 5.41) is 7.40. The second-order valence-electron chi connectivity index (χ2n) is 5.10. The molecule has 5 nitrogen and oxygen atoms in total. The van der Waals surface area contributed by atoms with Crippen molar-refractivity contribution in [2.24, 2.45) is 0 Å². The van der Waals surface area contributed by atoms with Crippen molar-refractivity contribution in [1.82, 2.24) is 20.4 Å². The van der Waals surface area contributed by atoms with Gasteiger partial charge in [0.2, 0.25) is 5.89 Å². The lowest BCUT2D eigenvalue weighted by atomic mass is 10.1. The maximum absolute atomic E-state index is 5.21. The van der Waals surface area contributed by atoms with Crippen molar-refractivity contribution in [2.45, 2.75) is 45.2 Å². The molecule has 0 aliphatic carbocycles. The zero-order valence-electron chi connectivity index (χ0n) is 10.9. The third-order valence-electron chi connectivity index (χ3n) is 3.30. The Morgan fingerprint density at radius 1 is 1.41 bits per heavy atom. The molecule has 1 saturated heterocycles. The Balaban J connectivity index is 1.90. The second-order valence-corrected chi connectivity index (χ2v) is 5.10. The van der Waals surface area contributed by atoms with Crippen LogP contribution in [0, 0.1) is 0 Å². The molecule has 0 atom stereocenters. The second kappa shape index (κ2) is 5.60. The molecule has 2 heterocycles. The molecular formula is C12H22N4O. The van der Waals surface area contributed by atoms with Gasteiger partial charge in [-0.05, 0) is 33.0 Å². The number of piperidine rings is 1. The van der Waals surface area contributed by atoms with Gasteiger partial charge in [0.25, 0.3) is 0 Å². The van der Waals surface area contributed by atoms with Crippen LogP contribution in [0.2, 0.25) is 0 Å². The van der Waals surface area contributed by atoms with Gasteiger partial charge in [-0.3, -0.25) is 4.90 Å². The first-order valence-electron chi connectivity index (χ1n) is 6.40. The van der Waals surface area contributed by atoms with Crippen LogP contribution >= 0.6 is 0 Å². The fraction of sp³-hybridized carbons (Fsp3) is 0.833. The third kappa shape index (κ3) is 3.26. The Bertz CT molecular complexity index is 344. The molecule has 0 spiro atoms. The summed E-state index contributed by atoms with van der Waals surface area (Å²) in [6, 6.07) is 0.636. The molecule has 1 N–H and O–H groups in total. The fourth-order valence-electron chi connectivity index (χ4n) is 2.17. The number of aromatic nitrogens is 2. The van der Waals surface area contributed by atoms with Gasteiger partial charge in [0.15, 0.2) is 5.82 Å². The topological polar surface area (TPSA) is 54.2 Å². The molecule has 0 unspecified atom stereocenters. The van der Waals surface area contributed by atoms with Gasteiger partial charge in [-0.1, -0.05) is 19.0 Å². The number of hydrogen-bond acceptors (Lipinski definition) is 5. The van der Waals surface area contributed by atoms with Crippen molar-refractivity contribution in [1.29, 1.82) is 0 Å². The highest BCUT2D eigenvalue weighted by atomic mass is 16.5. The van der Waals surface area contributed by atoms with Gasteiger partial charge in [-0.2, -0.15) is 4.98 Å². The maximum Gasteiger partial charge on any atom is 0.229 e. The van der Waals surface area contributed by atoms with Crippen LogP contribution in [0.25, 0.3) is 0 Å². The van der Waals surface area contributed by atoms with E-state index in [-0.39, 0.29) is 0 Å². The minimum atomic E-state index is 0.306. The van der Waals surface area contributed by atoms with Crippen molar-refractivity contribution in [3.05, 3.63) is 11.7 Å². The monoisotopic (exact) mass is 238 g/mol. The smallest absolute Gasteiger partial charge is 0.229 e. The first-order chi connectivity index (χ1) is 8.16. The summed E-state index contributed by atoms with van der Waals surface area (Å²) in [6.07, 6.45) is 2.40. The Kier molecular flexibility index (Phi) is 4.12. The van der Waals surface area contributed by atoms with Crippen LogP contribution in [0.1, 0.15) is 44.3 Å². The van der Waals surface area contributed by atoms with Gasteiger partial charge in [0, 0.05) is 12.0 Å². The van der Waals surface area contributed by atoms with E-state index in [4.69, 9.17) is 4.52 Å². The summed E-state index contributed by atoms with van der Waals surface area (Å²) in [7, 11) is 2.14. The summed E-state index contributed by atoms with van der Waals surface area (Å²) < 4.78 is 5.21. The molecule has 0 amide bonds. The first-order valence-corrected chi connectivity index (χ1v) is 6.40. The highest BCUT2D eigenvalue weighted by Gasteiger charge is 2.19. The van der Waals surface area contributed by atoms with E-state index in [1.165, 1.54) is 12.8 Å². The van der Waals surface area contributed by atoms with E-state index in [0.717, 1.165) is 31.3 Å². The molecule has 0 bridgehead atoms. The van der Waals surface area contributed by atoms with Crippen LogP contribution < -0.4 is 5.32 Å². The Morgan fingerprint density at radius 2 is 2.12 bits per heavy atom. The Labute approximate surface area is 103 Å². The van der Waals surface area contributed by atoms with Crippen molar-refractivity contribution in [3.8, 4) is 0 Å². The van der Waals surface area contributed by atoms with E-state index in [1.807, 2.05) is 0 Å². The van der Waals surface area contributed by atoms with Gasteiger partial charge in [-0.15, -0.1) is 0 Å². The molecular weight excluding hydrogens is 216 g/mol. The quantitative estimate of drug-likeness (QED) is 0.858. The molecule has 1 aromatic heterocycles. The lowest BCUT2D eigenvalue weighted by Gasteiger charge is -2.30. The predicted octanol–water partition coefficient (Wildman–Crippen LogP) is 1.38. The third-order valence-corrected chi connectivity index (χ3v) is 3.30. The average molecular weight is 238 g/mol. The molecule has 1 aliphatic heterocycles. The van der Waals surface area contributed by atoms with Crippen LogP contribution in [-0.2, 0) is 6.54 Å². The van der Waals surface area contributed by atoms with E-state index in [9.17, 15) is 0 Å². The summed E-state index contributed by atoms with van der Waals surface area (Å²) in [6.45, 7) is 7.12. The normalized spacial score (nSPS) is 18.2. The van der Waals surface area contributed by atoms with Crippen molar-refractivity contribution in [2.75, 3.05) is 20.1 Å². The van der Waals surface area contributed by atoms with Gasteiger partial charge in [0.1, 0.15) is 0 Å². The first kappa shape index (κ1) is 12.5. The standard InChI is InChI=1S/C12H22N4O/c1-9(2)12-14-11(15-17-12)8-16(3)10-4-6-13-7-5-10/h9-10,13H,4-8H2,1-3H3. The largest absolute Gasteiger partial charge is 0.339 e. The molecule has 0 saturated carbocycles. The number of hydrogen-bond donors (Lipinski definition) is 1. The van der Waals surface area contributed by atoms with Gasteiger partial charge < -0.3 is 9.84 Å². The molecule has 1 aliphatic rings. The Morgan fingerprint density at radius 3 is 2.71 bits per heavy atom. The van der Waals surface area contributed by atoms with E-state index >= 15 is 0 Å². The molecule has 0 aromatic carbocycles. The van der Waals surface area contributed by atoms with Crippen molar-refractivity contribution < 1.29 is 4.52 Å². The van der Waals surface area contributed by atoms with Crippen LogP contribution in [0.15, 0.2) is 4.52 Å². The maximum atomic E-state index is 5.21. The minimum Gasteiger partial charge on any atom is -0.339 e. The molecule has 0 radical (unpaired) electrons. The van der Waals surface area contributed by atoms with Crippen molar-refractivity contribution in [3.63, 3.8) is 0 Å². The number of nitrogens with zero attached hydrogens (tertiary/aromatic N) is 3. The molecule has 96 valence electrons. The zero-order chi connectivity index (χ0) is 12.3. The van der Waals surface area contributed by atoms with E-state index in [2.05, 4.69) is 41.3 Å². The van der Waals surface area contributed by atoms with E-state index in [0.29, 0.717) is 12.0 Å². The summed E-state index contributed by atoms with van der Waals surface area (Å²) in [5.41, 5.74) is 0. The highest BCUT2D eigenvalue weighted by molar-refractivity contribution is 4.91. The SMILES string of the molecule is CC(C)c1nc(CN(C)C2CCNCC2)no1. The summed E-state index contributed by atoms with van der Waals surface area (Å²) in [4.78, 5) is 6.74. The molecule has 2 rings (SSSR count). The van der Waals surface area contributed by atoms with Crippen LogP contribution in [0.4, 0.5) is 0 Å². The molecule has 5 heteroatoms. The predicted molar refractivity (Wildman–Crippen MR) is 65.7 cm³/mol. The van der Waals surface area contributed by atoms with Crippen molar-refractivity contribution >= 4 is 0 Å². The highest BCUT2D eigenvalue weighted by Crippen LogP contribution is 2.14. The van der Waals surface area contributed by atoms with Crippen LogP contribution in [-0.4, -0.2) is 41.2 Å². The zero-order valence-corrected chi connectivity index (χ0v) is 10.9. The lowest BCUT2D eigenvalue weighted by Crippen LogP contribution is -2.40. The van der Waals surface area contributed by atoms with Crippen LogP contribution in [0.3, 0.4) is 0 Å². The van der Waals surface area contributed by atoms with E-state index < -0.39 is 0 Å². The van der Waals surface area contributed by atoms with Crippen LogP contribution in [0.5, 0.6) is 0 Å². The summed E-state index contributed by atoms with van der Waals surface area (Å²) in [5.74, 6) is 1.84. The lowest BCUT2D eigenvalue weighted by molar-refractivity contribution is 0.186. The number of nitrogens with one attached hydrogen (secondary N) is 1. The summed E-state index contributed by atoms with van der Waals surface area (Å²) >= 11 is 0. The average Bonchev–Trinajstić information content (AvgIpc) is 2.79. The molecule has 17 heavy (non-hydrogen) atoms. The van der Waals surface area contributed by atoms with Gasteiger partial charge >= 0.3 is 0 Å². The minimum absolute atomic E-state index is 0.306. The molecule has 1 fully saturated rings. The van der Waals surface area contributed by atoms with E-state index in [1.54, 1.807) is 0 Å². The fourth-order valence-corrected chi connectivity index (χ4v) is 2.17. The van der Waals surface area contributed by atoms with Gasteiger partial charge in [-0.25, -0.2) is 0 Å². The Hall–Kier alpha value is -0.940. The molecule has 1 aromatic rings.